The van der Waals surface area contributed by atoms with Gasteiger partial charge in [-0.1, -0.05) is 23.8 Å². The van der Waals surface area contributed by atoms with Crippen LogP contribution in [0.4, 0.5) is 10.7 Å². The first-order valence-corrected chi connectivity index (χ1v) is 15.0. The molecule has 2 atom stereocenters. The van der Waals surface area contributed by atoms with Crippen LogP contribution in [0.1, 0.15) is 55.0 Å². The van der Waals surface area contributed by atoms with Crippen molar-refractivity contribution in [1.82, 2.24) is 14.9 Å². The van der Waals surface area contributed by atoms with Crippen LogP contribution in [0.3, 0.4) is 0 Å². The molecule has 0 radical (unpaired) electrons. The van der Waals surface area contributed by atoms with Gasteiger partial charge in [-0.3, -0.25) is 4.79 Å². The number of amides is 1. The summed E-state index contributed by atoms with van der Waals surface area (Å²) in [5, 5.41) is 0. The zero-order chi connectivity index (χ0) is 30.5. The molecule has 1 saturated carbocycles. The van der Waals surface area contributed by atoms with Gasteiger partial charge in [-0.05, 0) is 93.8 Å². The fourth-order valence-corrected chi connectivity index (χ4v) is 6.46. The van der Waals surface area contributed by atoms with Gasteiger partial charge in [0.2, 0.25) is 5.95 Å². The van der Waals surface area contributed by atoms with E-state index in [2.05, 4.69) is 41.9 Å². The van der Waals surface area contributed by atoms with Gasteiger partial charge in [-0.2, -0.15) is 0 Å². The van der Waals surface area contributed by atoms with Crippen LogP contribution in [0.25, 0.3) is 11.3 Å². The molecule has 1 aliphatic carbocycles. The van der Waals surface area contributed by atoms with Gasteiger partial charge in [0.25, 0.3) is 0 Å². The van der Waals surface area contributed by atoms with Crippen molar-refractivity contribution in [2.45, 2.75) is 66.2 Å². The molecule has 6 rings (SSSR count). The molecule has 3 aromatic rings. The molecule has 9 nitrogen and oxygen atoms in total. The van der Waals surface area contributed by atoms with E-state index in [1.807, 2.05) is 39.0 Å². The van der Waals surface area contributed by atoms with E-state index in [0.717, 1.165) is 53.1 Å². The van der Waals surface area contributed by atoms with E-state index in [-0.39, 0.29) is 12.1 Å². The lowest BCUT2D eigenvalue weighted by molar-refractivity contribution is -0.146. The highest BCUT2D eigenvalue weighted by molar-refractivity contribution is 5.83. The molecule has 0 spiro atoms. The maximum atomic E-state index is 12.6. The fourth-order valence-electron chi connectivity index (χ4n) is 6.46. The number of carbonyl (C=O) groups is 2. The van der Waals surface area contributed by atoms with Crippen LogP contribution in [-0.4, -0.2) is 59.3 Å². The number of esters is 1. The van der Waals surface area contributed by atoms with E-state index in [9.17, 15) is 9.59 Å². The van der Waals surface area contributed by atoms with Crippen LogP contribution in [0.5, 0.6) is 5.75 Å². The van der Waals surface area contributed by atoms with E-state index in [0.29, 0.717) is 38.1 Å². The fraction of sp³-hybridized carbons (Fsp3) is 0.471. The number of piperidine rings is 1. The minimum atomic E-state index is -0.515. The second-order valence-corrected chi connectivity index (χ2v) is 13.1. The SMILES string of the molecule is COC(=O)[C@]12C[C@H]1CN(c1nccc(-c3cc(C)ccc3OCc3ccc4c(c3C)CCN(C(=O)OC(C)(C)C)C4)n1)C2. The maximum Gasteiger partial charge on any atom is 0.410 e. The molecule has 1 aromatic heterocycles. The molecular formula is C34H40N4O5. The van der Waals surface area contributed by atoms with Crippen LogP contribution in [-0.2, 0) is 33.8 Å². The van der Waals surface area contributed by atoms with E-state index in [1.54, 1.807) is 11.1 Å². The summed E-state index contributed by atoms with van der Waals surface area (Å²) in [4.78, 5) is 38.3. The number of carbonyl (C=O) groups excluding carboxylic acids is 2. The number of hydrogen-bond acceptors (Lipinski definition) is 8. The molecule has 0 N–H and O–H groups in total. The van der Waals surface area contributed by atoms with Gasteiger partial charge in [0.05, 0.1) is 18.2 Å². The first kappa shape index (κ1) is 29.0. The van der Waals surface area contributed by atoms with Gasteiger partial charge in [0.1, 0.15) is 18.0 Å². The van der Waals surface area contributed by atoms with Crippen molar-refractivity contribution in [3.63, 3.8) is 0 Å². The Labute approximate surface area is 253 Å². The number of rotatable bonds is 6. The number of hydrogen-bond donors (Lipinski definition) is 0. The predicted octanol–water partition coefficient (Wildman–Crippen LogP) is 5.63. The van der Waals surface area contributed by atoms with Crippen molar-refractivity contribution in [3.05, 3.63) is 70.4 Å². The van der Waals surface area contributed by atoms with Gasteiger partial charge in [-0.15, -0.1) is 0 Å². The lowest BCUT2D eigenvalue weighted by Crippen LogP contribution is -2.40. The summed E-state index contributed by atoms with van der Waals surface area (Å²) in [6.45, 7) is 12.8. The Kier molecular flexibility index (Phi) is 7.30. The third-order valence-corrected chi connectivity index (χ3v) is 8.91. The number of ether oxygens (including phenoxy) is 3. The quantitative estimate of drug-likeness (QED) is 0.344. The van der Waals surface area contributed by atoms with Crippen LogP contribution in [0, 0.1) is 25.2 Å². The number of fused-ring (bicyclic) bond motifs is 2. The average Bonchev–Trinajstić information content (AvgIpc) is 3.55. The largest absolute Gasteiger partial charge is 0.488 e. The van der Waals surface area contributed by atoms with Gasteiger partial charge < -0.3 is 24.0 Å². The summed E-state index contributed by atoms with van der Waals surface area (Å²) < 4.78 is 17.1. The van der Waals surface area contributed by atoms with E-state index in [1.165, 1.54) is 18.2 Å². The second kappa shape index (κ2) is 10.8. The normalized spacial score (nSPS) is 20.7. The third-order valence-electron chi connectivity index (χ3n) is 8.91. The number of aromatic nitrogens is 2. The van der Waals surface area contributed by atoms with Crippen LogP contribution >= 0.6 is 0 Å². The molecule has 1 saturated heterocycles. The molecule has 9 heteroatoms. The number of benzene rings is 2. The van der Waals surface area contributed by atoms with Crippen molar-refractivity contribution in [1.29, 1.82) is 0 Å². The summed E-state index contributed by atoms with van der Waals surface area (Å²) in [6.07, 6.45) is 3.15. The zero-order valence-corrected chi connectivity index (χ0v) is 25.9. The number of aryl methyl sites for hydroxylation is 1. The van der Waals surface area contributed by atoms with Crippen molar-refractivity contribution in [2.75, 3.05) is 31.6 Å². The Balaban J connectivity index is 1.18. The van der Waals surface area contributed by atoms with E-state index in [4.69, 9.17) is 19.2 Å². The molecule has 3 heterocycles. The monoisotopic (exact) mass is 584 g/mol. The molecule has 0 unspecified atom stereocenters. The Morgan fingerprint density at radius 2 is 1.93 bits per heavy atom. The van der Waals surface area contributed by atoms with Crippen LogP contribution in [0.15, 0.2) is 42.6 Å². The highest BCUT2D eigenvalue weighted by atomic mass is 16.6. The van der Waals surface area contributed by atoms with Crippen molar-refractivity contribution in [2.24, 2.45) is 11.3 Å². The number of nitrogens with zero attached hydrogens (tertiary/aromatic N) is 4. The highest BCUT2D eigenvalue weighted by Crippen LogP contribution is 2.58. The van der Waals surface area contributed by atoms with Gasteiger partial charge in [-0.25, -0.2) is 14.8 Å². The summed E-state index contributed by atoms with van der Waals surface area (Å²) in [5.41, 5.74) is 6.60. The molecule has 0 bridgehead atoms. The number of methoxy groups -OCH3 is 1. The minimum absolute atomic E-state index is 0.136. The highest BCUT2D eigenvalue weighted by Gasteiger charge is 2.66. The topological polar surface area (TPSA) is 94.1 Å². The summed E-state index contributed by atoms with van der Waals surface area (Å²) in [7, 11) is 1.46. The molecule has 1 amide bonds. The van der Waals surface area contributed by atoms with E-state index < -0.39 is 11.0 Å². The zero-order valence-electron chi connectivity index (χ0n) is 25.9. The molecule has 2 aliphatic heterocycles. The molecule has 226 valence electrons. The van der Waals surface area contributed by atoms with Gasteiger partial charge >= 0.3 is 12.1 Å². The van der Waals surface area contributed by atoms with E-state index >= 15 is 0 Å². The average molecular weight is 585 g/mol. The smallest absolute Gasteiger partial charge is 0.410 e. The standard InChI is InChI=1S/C34H40N4O5/c1-21-7-10-29(27(15-21)28-11-13-35-31(36-28)38-18-25-16-34(25,20-38)30(39)41-6)42-19-24-9-8-23-17-37(14-12-26(23)22(24)2)32(40)43-33(3,4)5/h7-11,13,15,25H,12,14,16-20H2,1-6H3/t25-,34-/m0/s1. The van der Waals surface area contributed by atoms with Crippen LogP contribution in [0.2, 0.25) is 0 Å². The van der Waals surface area contributed by atoms with Crippen LogP contribution < -0.4 is 9.64 Å². The summed E-state index contributed by atoms with van der Waals surface area (Å²) in [5.74, 6) is 1.53. The molecule has 3 aliphatic rings. The summed E-state index contributed by atoms with van der Waals surface area (Å²) >= 11 is 0. The Morgan fingerprint density at radius 1 is 1.12 bits per heavy atom. The Morgan fingerprint density at radius 3 is 2.70 bits per heavy atom. The van der Waals surface area contributed by atoms with Crippen molar-refractivity contribution >= 4 is 18.0 Å². The lowest BCUT2D eigenvalue weighted by atomic mass is 9.92. The van der Waals surface area contributed by atoms with Crippen molar-refractivity contribution in [3.8, 4) is 17.0 Å². The first-order valence-electron chi connectivity index (χ1n) is 15.0. The number of anilines is 1. The molecule has 2 aromatic carbocycles. The second-order valence-electron chi connectivity index (χ2n) is 13.1. The lowest BCUT2D eigenvalue weighted by Gasteiger charge is -2.32. The first-order chi connectivity index (χ1) is 20.5. The van der Waals surface area contributed by atoms with Crippen molar-refractivity contribution < 1.29 is 23.8 Å². The molecular weight excluding hydrogens is 544 g/mol. The maximum absolute atomic E-state index is 12.6. The van der Waals surface area contributed by atoms with Gasteiger partial charge in [0.15, 0.2) is 0 Å². The molecule has 2 fully saturated rings. The molecule has 43 heavy (non-hydrogen) atoms. The predicted molar refractivity (Wildman–Crippen MR) is 163 cm³/mol. The Bertz CT molecular complexity index is 1580. The minimum Gasteiger partial charge on any atom is -0.488 e. The Hall–Kier alpha value is -4.14. The summed E-state index contributed by atoms with van der Waals surface area (Å²) in [6, 6.07) is 12.2. The third kappa shape index (κ3) is 5.65. The van der Waals surface area contributed by atoms with Gasteiger partial charge in [0, 0.05) is 37.9 Å².